The van der Waals surface area contributed by atoms with E-state index in [9.17, 15) is 0 Å². The lowest BCUT2D eigenvalue weighted by Gasteiger charge is -1.81. The standard InChI is InChI=1S/C5H6N2.C5H5N.C4H4O.C4H4S.3C2H6/c1-5-2-3-6-4-7-5;1-2-4-6-5-3-1;2*1-2-4-5-3-1;3*1-2/h2-4H,1H3;1-5H;2*1-4H;3*1-2H3. The number of aromatic nitrogens is 3. The van der Waals surface area contributed by atoms with Crippen molar-refractivity contribution in [3.63, 3.8) is 0 Å². The van der Waals surface area contributed by atoms with Crippen LogP contribution in [0.1, 0.15) is 47.2 Å². The maximum absolute atomic E-state index is 4.58. The molecule has 0 spiro atoms. The van der Waals surface area contributed by atoms with Gasteiger partial charge in [0.25, 0.3) is 0 Å². The lowest BCUT2D eigenvalue weighted by molar-refractivity contribution is 0.567. The highest BCUT2D eigenvalue weighted by atomic mass is 32.1. The predicted octanol–water partition coefficient (Wildman–Crippen LogP) is 7.97. The zero-order valence-corrected chi connectivity index (χ0v) is 19.7. The van der Waals surface area contributed by atoms with Crippen LogP contribution in [0.4, 0.5) is 0 Å². The summed E-state index contributed by atoms with van der Waals surface area (Å²) in [6, 6.07) is 15.3. The van der Waals surface area contributed by atoms with Crippen molar-refractivity contribution in [1.29, 1.82) is 0 Å². The maximum atomic E-state index is 4.58. The third-order valence-corrected chi connectivity index (χ3v) is 2.78. The molecule has 0 aliphatic carbocycles. The second-order valence-electron chi connectivity index (χ2n) is 3.96. The molecule has 0 N–H and O–H groups in total. The van der Waals surface area contributed by atoms with Crippen molar-refractivity contribution in [3.8, 4) is 0 Å². The third-order valence-electron chi connectivity index (χ3n) is 2.15. The molecular weight excluding hydrogens is 378 g/mol. The Morgan fingerprint density at radius 1 is 0.655 bits per heavy atom. The van der Waals surface area contributed by atoms with Crippen molar-refractivity contribution in [2.75, 3.05) is 0 Å². The van der Waals surface area contributed by atoms with Crippen molar-refractivity contribution < 1.29 is 4.42 Å². The van der Waals surface area contributed by atoms with Gasteiger partial charge >= 0.3 is 0 Å². The summed E-state index contributed by atoms with van der Waals surface area (Å²) in [6.45, 7) is 13.9. The fraction of sp³-hybridized carbons (Fsp3) is 0.292. The zero-order chi connectivity index (χ0) is 22.4. The molecule has 0 radical (unpaired) electrons. The van der Waals surface area contributed by atoms with Crippen LogP contribution in [0, 0.1) is 6.92 Å². The molecule has 4 nitrogen and oxygen atoms in total. The number of aryl methyl sites for hydroxylation is 1. The van der Waals surface area contributed by atoms with Gasteiger partial charge in [-0.05, 0) is 48.0 Å². The van der Waals surface area contributed by atoms with E-state index in [0.717, 1.165) is 5.69 Å². The second-order valence-corrected chi connectivity index (χ2v) is 4.78. The molecule has 29 heavy (non-hydrogen) atoms. The molecule has 0 saturated heterocycles. The Labute approximate surface area is 181 Å². The van der Waals surface area contributed by atoms with Crippen LogP contribution in [0.15, 0.2) is 101 Å². The van der Waals surface area contributed by atoms with Crippen LogP contribution in [-0.2, 0) is 0 Å². The number of pyridine rings is 1. The second kappa shape index (κ2) is 32.8. The topological polar surface area (TPSA) is 51.8 Å². The highest BCUT2D eigenvalue weighted by molar-refractivity contribution is 7.07. The van der Waals surface area contributed by atoms with Gasteiger partial charge in [0.1, 0.15) is 6.33 Å². The van der Waals surface area contributed by atoms with Crippen molar-refractivity contribution in [1.82, 2.24) is 15.0 Å². The number of thiophene rings is 1. The first kappa shape index (κ1) is 30.9. The summed E-state index contributed by atoms with van der Waals surface area (Å²) >= 11 is 1.71. The van der Waals surface area contributed by atoms with Crippen molar-refractivity contribution in [2.45, 2.75) is 48.5 Å². The number of hydrogen-bond acceptors (Lipinski definition) is 5. The first-order valence-corrected chi connectivity index (χ1v) is 10.9. The Bertz CT molecular complexity index is 556. The molecular formula is C24H37N3OS. The molecule has 0 amide bonds. The molecule has 160 valence electrons. The van der Waals surface area contributed by atoms with Crippen LogP contribution in [-0.4, -0.2) is 15.0 Å². The summed E-state index contributed by atoms with van der Waals surface area (Å²) in [5.74, 6) is 0. The van der Waals surface area contributed by atoms with Gasteiger partial charge in [-0.15, -0.1) is 0 Å². The number of furan rings is 1. The fourth-order valence-electron chi connectivity index (χ4n) is 1.12. The molecule has 0 aromatic carbocycles. The molecule has 4 heterocycles. The number of hydrogen-bond donors (Lipinski definition) is 0. The van der Waals surface area contributed by atoms with Crippen LogP contribution in [0.5, 0.6) is 0 Å². The number of rotatable bonds is 0. The van der Waals surface area contributed by atoms with E-state index < -0.39 is 0 Å². The summed E-state index contributed by atoms with van der Waals surface area (Å²) in [5, 5.41) is 4.08. The maximum Gasteiger partial charge on any atom is 0.115 e. The van der Waals surface area contributed by atoms with Crippen molar-refractivity contribution >= 4 is 11.3 Å². The van der Waals surface area contributed by atoms with Gasteiger partial charge < -0.3 is 4.42 Å². The molecule has 0 aliphatic heterocycles. The first-order chi connectivity index (χ1) is 14.4. The first-order valence-electron chi connectivity index (χ1n) is 9.91. The van der Waals surface area contributed by atoms with Gasteiger partial charge in [-0.1, -0.05) is 59.7 Å². The number of nitrogens with zero attached hydrogens (tertiary/aromatic N) is 3. The van der Waals surface area contributed by atoms with E-state index in [1.54, 1.807) is 42.5 Å². The summed E-state index contributed by atoms with van der Waals surface area (Å²) in [5.41, 5.74) is 1.01. The van der Waals surface area contributed by atoms with Crippen LogP contribution in [0.2, 0.25) is 0 Å². The van der Waals surface area contributed by atoms with E-state index in [-0.39, 0.29) is 0 Å². The summed E-state index contributed by atoms with van der Waals surface area (Å²) in [6.07, 6.45) is 10.0. The van der Waals surface area contributed by atoms with Crippen LogP contribution in [0.3, 0.4) is 0 Å². The molecule has 0 aliphatic rings. The lowest BCUT2D eigenvalue weighted by atomic mass is 10.5. The third kappa shape index (κ3) is 30.2. The van der Waals surface area contributed by atoms with Crippen molar-refractivity contribution in [3.05, 3.63) is 102 Å². The predicted molar refractivity (Wildman–Crippen MR) is 128 cm³/mol. The average Bonchev–Trinajstić information content (AvgIpc) is 3.60. The molecule has 0 bridgehead atoms. The summed E-state index contributed by atoms with van der Waals surface area (Å²) in [7, 11) is 0. The van der Waals surface area contributed by atoms with E-state index >= 15 is 0 Å². The summed E-state index contributed by atoms with van der Waals surface area (Å²) < 4.78 is 4.58. The Hall–Kier alpha value is -2.79. The molecule has 0 fully saturated rings. The van der Waals surface area contributed by atoms with Gasteiger partial charge in [-0.3, -0.25) is 4.98 Å². The van der Waals surface area contributed by atoms with Gasteiger partial charge in [0.2, 0.25) is 0 Å². The quantitative estimate of drug-likeness (QED) is 0.292. The van der Waals surface area contributed by atoms with Crippen LogP contribution < -0.4 is 0 Å². The Balaban J connectivity index is -0.000000288. The molecule has 4 aromatic heterocycles. The monoisotopic (exact) mass is 415 g/mol. The van der Waals surface area contributed by atoms with Crippen LogP contribution >= 0.6 is 11.3 Å². The molecule has 4 rings (SSSR count). The average molecular weight is 416 g/mol. The minimum atomic E-state index is 1.01. The van der Waals surface area contributed by atoms with E-state index in [2.05, 4.69) is 19.4 Å². The van der Waals surface area contributed by atoms with E-state index in [0.29, 0.717) is 0 Å². The lowest BCUT2D eigenvalue weighted by Crippen LogP contribution is -1.77. The van der Waals surface area contributed by atoms with Gasteiger partial charge in [0.15, 0.2) is 0 Å². The minimum absolute atomic E-state index is 1.01. The Kier molecular flexibility index (Phi) is 35.0. The smallest absolute Gasteiger partial charge is 0.115 e. The summed E-state index contributed by atoms with van der Waals surface area (Å²) in [4.78, 5) is 11.4. The van der Waals surface area contributed by atoms with E-state index in [1.165, 1.54) is 6.33 Å². The van der Waals surface area contributed by atoms with E-state index in [1.807, 2.05) is 108 Å². The van der Waals surface area contributed by atoms with Gasteiger partial charge in [0, 0.05) is 24.3 Å². The minimum Gasteiger partial charge on any atom is -0.473 e. The molecule has 5 heteroatoms. The highest BCUT2D eigenvalue weighted by Crippen LogP contribution is 1.91. The molecule has 0 saturated carbocycles. The van der Waals surface area contributed by atoms with Gasteiger partial charge in [-0.2, -0.15) is 11.3 Å². The largest absolute Gasteiger partial charge is 0.473 e. The SMILES string of the molecule is CC.CC.CC.Cc1ccncn1.c1ccncc1.c1ccoc1.c1ccsc1. The van der Waals surface area contributed by atoms with Crippen molar-refractivity contribution in [2.24, 2.45) is 0 Å². The zero-order valence-electron chi connectivity index (χ0n) is 18.9. The Morgan fingerprint density at radius 3 is 1.38 bits per heavy atom. The van der Waals surface area contributed by atoms with Crippen LogP contribution in [0.25, 0.3) is 0 Å². The molecule has 0 atom stereocenters. The Morgan fingerprint density at radius 2 is 1.21 bits per heavy atom. The molecule has 0 unspecified atom stereocenters. The normalized spacial score (nSPS) is 7.14. The van der Waals surface area contributed by atoms with Gasteiger partial charge in [0.05, 0.1) is 12.5 Å². The van der Waals surface area contributed by atoms with Gasteiger partial charge in [-0.25, -0.2) is 9.97 Å². The molecule has 4 aromatic rings. The fourth-order valence-corrected chi connectivity index (χ4v) is 1.58. The van der Waals surface area contributed by atoms with E-state index in [4.69, 9.17) is 0 Å². The highest BCUT2D eigenvalue weighted by Gasteiger charge is 1.74.